The molecule has 142 valence electrons. The minimum Gasteiger partial charge on any atom is -0.496 e. The van der Waals surface area contributed by atoms with E-state index < -0.39 is 0 Å². The molecule has 26 heavy (non-hydrogen) atoms. The average Bonchev–Trinajstić information content (AvgIpc) is 3.13. The number of hydrogen-bond acceptors (Lipinski definition) is 5. The fourth-order valence-electron chi connectivity index (χ4n) is 2.48. The highest BCUT2D eigenvalue weighted by molar-refractivity contribution is 5.79. The van der Waals surface area contributed by atoms with Crippen molar-refractivity contribution in [1.29, 1.82) is 0 Å². The first-order chi connectivity index (χ1) is 12.8. The first kappa shape index (κ1) is 19.7. The molecule has 0 spiro atoms. The molecule has 0 aliphatic heterocycles. The Labute approximate surface area is 154 Å². The third kappa shape index (κ3) is 6.03. The van der Waals surface area contributed by atoms with Gasteiger partial charge in [-0.05, 0) is 6.07 Å². The molecular weight excluding hydrogens is 332 g/mol. The zero-order valence-corrected chi connectivity index (χ0v) is 15.7. The molecule has 0 unspecified atom stereocenters. The Morgan fingerprint density at radius 1 is 1.19 bits per heavy atom. The minimum absolute atomic E-state index is 0.527. The van der Waals surface area contributed by atoms with Crippen LogP contribution in [0.4, 0.5) is 0 Å². The lowest BCUT2D eigenvalue weighted by molar-refractivity contribution is 0.203. The maximum Gasteiger partial charge on any atom is 0.191 e. The van der Waals surface area contributed by atoms with Gasteiger partial charge in [-0.2, -0.15) is 0 Å². The SMILES string of the molecule is CCc1nncn1CCNC(=NCc1ccccc1OC)NCCOC. The molecule has 2 N–H and O–H groups in total. The van der Waals surface area contributed by atoms with Gasteiger partial charge in [0.1, 0.15) is 17.9 Å². The van der Waals surface area contributed by atoms with Crippen molar-refractivity contribution in [2.75, 3.05) is 33.9 Å². The highest BCUT2D eigenvalue weighted by Crippen LogP contribution is 2.17. The third-order valence-electron chi connectivity index (χ3n) is 3.86. The molecule has 8 nitrogen and oxygen atoms in total. The highest BCUT2D eigenvalue weighted by Gasteiger charge is 2.04. The molecule has 1 heterocycles. The van der Waals surface area contributed by atoms with Crippen molar-refractivity contribution < 1.29 is 9.47 Å². The first-order valence-electron chi connectivity index (χ1n) is 8.78. The molecule has 0 saturated carbocycles. The van der Waals surface area contributed by atoms with Crippen molar-refractivity contribution in [2.45, 2.75) is 26.4 Å². The lowest BCUT2D eigenvalue weighted by Crippen LogP contribution is -2.40. The van der Waals surface area contributed by atoms with Crippen LogP contribution in [0.1, 0.15) is 18.3 Å². The number of benzene rings is 1. The number of aryl methyl sites for hydroxylation is 1. The van der Waals surface area contributed by atoms with Crippen LogP contribution < -0.4 is 15.4 Å². The fourth-order valence-corrected chi connectivity index (χ4v) is 2.48. The number of methoxy groups -OCH3 is 2. The number of guanidine groups is 1. The van der Waals surface area contributed by atoms with Gasteiger partial charge in [0.2, 0.25) is 0 Å². The fraction of sp³-hybridized carbons (Fsp3) is 0.500. The van der Waals surface area contributed by atoms with E-state index in [9.17, 15) is 0 Å². The summed E-state index contributed by atoms with van der Waals surface area (Å²) in [5.41, 5.74) is 1.04. The largest absolute Gasteiger partial charge is 0.496 e. The second-order valence-electron chi connectivity index (χ2n) is 5.62. The van der Waals surface area contributed by atoms with Crippen LogP contribution in [0.3, 0.4) is 0 Å². The van der Waals surface area contributed by atoms with E-state index in [1.54, 1.807) is 20.5 Å². The van der Waals surface area contributed by atoms with Crippen LogP contribution in [0.25, 0.3) is 0 Å². The third-order valence-corrected chi connectivity index (χ3v) is 3.86. The maximum atomic E-state index is 5.38. The zero-order chi connectivity index (χ0) is 18.6. The van der Waals surface area contributed by atoms with Crippen molar-refractivity contribution in [3.05, 3.63) is 42.0 Å². The lowest BCUT2D eigenvalue weighted by atomic mass is 10.2. The number of nitrogens with zero attached hydrogens (tertiary/aromatic N) is 4. The van der Waals surface area contributed by atoms with E-state index in [0.29, 0.717) is 19.7 Å². The summed E-state index contributed by atoms with van der Waals surface area (Å²) in [7, 11) is 3.35. The number of rotatable bonds is 10. The smallest absolute Gasteiger partial charge is 0.191 e. The summed E-state index contributed by atoms with van der Waals surface area (Å²) in [5, 5.41) is 14.7. The van der Waals surface area contributed by atoms with E-state index in [4.69, 9.17) is 9.47 Å². The second kappa shape index (κ2) is 11.1. The first-order valence-corrected chi connectivity index (χ1v) is 8.78. The molecule has 8 heteroatoms. The molecule has 0 radical (unpaired) electrons. The van der Waals surface area contributed by atoms with Gasteiger partial charge < -0.3 is 24.7 Å². The predicted molar refractivity (Wildman–Crippen MR) is 101 cm³/mol. The Hall–Kier alpha value is -2.61. The monoisotopic (exact) mass is 360 g/mol. The van der Waals surface area contributed by atoms with Gasteiger partial charge in [-0.3, -0.25) is 0 Å². The number of para-hydroxylation sites is 1. The summed E-state index contributed by atoms with van der Waals surface area (Å²) in [6, 6.07) is 7.89. The van der Waals surface area contributed by atoms with Gasteiger partial charge >= 0.3 is 0 Å². The van der Waals surface area contributed by atoms with Crippen LogP contribution in [0.2, 0.25) is 0 Å². The van der Waals surface area contributed by atoms with E-state index >= 15 is 0 Å². The van der Waals surface area contributed by atoms with Gasteiger partial charge in [0.15, 0.2) is 5.96 Å². The predicted octanol–water partition coefficient (Wildman–Crippen LogP) is 1.23. The van der Waals surface area contributed by atoms with Crippen LogP contribution in [0.15, 0.2) is 35.6 Å². The molecule has 0 bridgehead atoms. The number of hydrogen-bond donors (Lipinski definition) is 2. The van der Waals surface area contributed by atoms with E-state index in [2.05, 4.69) is 32.7 Å². The van der Waals surface area contributed by atoms with Crippen LogP contribution in [-0.4, -0.2) is 54.6 Å². The Kier molecular flexibility index (Phi) is 8.41. The summed E-state index contributed by atoms with van der Waals surface area (Å²) in [6.45, 7) is 5.38. The second-order valence-corrected chi connectivity index (χ2v) is 5.62. The number of ether oxygens (including phenoxy) is 2. The Morgan fingerprint density at radius 2 is 2.00 bits per heavy atom. The summed E-state index contributed by atoms with van der Waals surface area (Å²) in [6.07, 6.45) is 2.62. The lowest BCUT2D eigenvalue weighted by Gasteiger charge is -2.14. The van der Waals surface area contributed by atoms with E-state index in [-0.39, 0.29) is 0 Å². The van der Waals surface area contributed by atoms with Crippen LogP contribution >= 0.6 is 0 Å². The maximum absolute atomic E-state index is 5.38. The highest BCUT2D eigenvalue weighted by atomic mass is 16.5. The van der Waals surface area contributed by atoms with Crippen molar-refractivity contribution >= 4 is 5.96 Å². The van der Waals surface area contributed by atoms with Crippen LogP contribution in [0, 0.1) is 0 Å². The van der Waals surface area contributed by atoms with Gasteiger partial charge in [0.05, 0.1) is 20.3 Å². The van der Waals surface area contributed by atoms with Crippen molar-refractivity contribution in [2.24, 2.45) is 4.99 Å². The summed E-state index contributed by atoms with van der Waals surface area (Å²) >= 11 is 0. The van der Waals surface area contributed by atoms with Gasteiger partial charge in [-0.1, -0.05) is 25.1 Å². The molecule has 1 aromatic heterocycles. The topological polar surface area (TPSA) is 85.6 Å². The van der Waals surface area contributed by atoms with Gasteiger partial charge in [-0.25, -0.2) is 4.99 Å². The van der Waals surface area contributed by atoms with Gasteiger partial charge in [-0.15, -0.1) is 10.2 Å². The normalized spacial score (nSPS) is 11.4. The molecular formula is C18H28N6O2. The molecule has 0 aliphatic rings. The number of aliphatic imine (C=N–C) groups is 1. The Balaban J connectivity index is 1.95. The molecule has 0 amide bonds. The number of nitrogens with one attached hydrogen (secondary N) is 2. The van der Waals surface area contributed by atoms with Gasteiger partial charge in [0, 0.05) is 38.7 Å². The Bertz CT molecular complexity index is 686. The average molecular weight is 360 g/mol. The van der Waals surface area contributed by atoms with E-state index in [1.165, 1.54) is 0 Å². The molecule has 0 fully saturated rings. The summed E-state index contributed by atoms with van der Waals surface area (Å²) in [4.78, 5) is 4.65. The number of aromatic nitrogens is 3. The molecule has 2 rings (SSSR count). The molecule has 2 aromatic rings. The van der Waals surface area contributed by atoms with Crippen molar-refractivity contribution in [3.63, 3.8) is 0 Å². The van der Waals surface area contributed by atoms with E-state index in [1.807, 2.05) is 28.8 Å². The molecule has 1 aromatic carbocycles. The molecule has 0 aliphatic carbocycles. The quantitative estimate of drug-likeness (QED) is 0.377. The Morgan fingerprint density at radius 3 is 2.77 bits per heavy atom. The summed E-state index contributed by atoms with van der Waals surface area (Å²) < 4.78 is 12.5. The van der Waals surface area contributed by atoms with Crippen LogP contribution in [0.5, 0.6) is 5.75 Å². The van der Waals surface area contributed by atoms with Crippen molar-refractivity contribution in [3.8, 4) is 5.75 Å². The zero-order valence-electron chi connectivity index (χ0n) is 15.7. The van der Waals surface area contributed by atoms with Gasteiger partial charge in [0.25, 0.3) is 0 Å². The molecule has 0 atom stereocenters. The van der Waals surface area contributed by atoms with Crippen LogP contribution in [-0.2, 0) is 24.2 Å². The minimum atomic E-state index is 0.527. The van der Waals surface area contributed by atoms with Crippen molar-refractivity contribution in [1.82, 2.24) is 25.4 Å². The molecule has 0 saturated heterocycles. The van der Waals surface area contributed by atoms with E-state index in [0.717, 1.165) is 42.6 Å². The summed E-state index contributed by atoms with van der Waals surface area (Å²) in [5.74, 6) is 2.55. The standard InChI is InChI=1S/C18H28N6O2/c1-4-17-23-22-14-24(17)11-9-19-18(20-10-12-25-2)21-13-15-7-5-6-8-16(15)26-3/h5-8,14H,4,9-13H2,1-3H3,(H2,19,20,21).